The highest BCUT2D eigenvalue weighted by molar-refractivity contribution is 5.83. The molecule has 1 unspecified atom stereocenters. The summed E-state index contributed by atoms with van der Waals surface area (Å²) >= 11 is 0. The Morgan fingerprint density at radius 3 is 3.10 bits per heavy atom. The van der Waals surface area contributed by atoms with E-state index >= 15 is 0 Å². The van der Waals surface area contributed by atoms with Crippen molar-refractivity contribution in [3.05, 3.63) is 30.1 Å². The van der Waals surface area contributed by atoms with Crippen molar-refractivity contribution in [2.75, 3.05) is 13.7 Å². The number of rotatable bonds is 6. The number of aliphatic hydroxyl groups excluding tert-OH is 1. The van der Waals surface area contributed by atoms with Gasteiger partial charge in [0.05, 0.1) is 13.2 Å². The van der Waals surface area contributed by atoms with Crippen molar-refractivity contribution in [1.82, 2.24) is 14.9 Å². The zero-order chi connectivity index (χ0) is 14.5. The zero-order valence-electron chi connectivity index (χ0n) is 11.7. The number of methoxy groups -OCH3 is 1. The van der Waals surface area contributed by atoms with Crippen LogP contribution in [0.5, 0.6) is 0 Å². The molecule has 2 aromatic rings. The molecule has 0 radical (unpaired) electrons. The van der Waals surface area contributed by atoms with Gasteiger partial charge in [-0.2, -0.15) is 0 Å². The van der Waals surface area contributed by atoms with Crippen LogP contribution < -0.4 is 5.32 Å². The average molecular weight is 277 g/mol. The molecule has 108 valence electrons. The first kappa shape index (κ1) is 14.5. The zero-order valence-corrected chi connectivity index (χ0v) is 11.7. The molecule has 0 aromatic carbocycles. The molecule has 2 heterocycles. The third kappa shape index (κ3) is 3.15. The monoisotopic (exact) mass is 277 g/mol. The maximum absolute atomic E-state index is 12.0. The van der Waals surface area contributed by atoms with Gasteiger partial charge in [0.15, 0.2) is 0 Å². The van der Waals surface area contributed by atoms with Gasteiger partial charge in [0.1, 0.15) is 12.2 Å². The quantitative estimate of drug-likeness (QED) is 0.814. The number of nitrogens with one attached hydrogen (secondary N) is 1. The van der Waals surface area contributed by atoms with E-state index in [9.17, 15) is 9.90 Å². The standard InChI is InChI=1S/C14H19N3O3/c1-10(9-20-2)16-13(19)7-17-6-11(8-18)12-4-3-5-15-14(12)17/h3-6,10,18H,7-9H2,1-2H3,(H,16,19). The molecule has 1 amide bonds. The van der Waals surface area contributed by atoms with Crippen LogP contribution in [0.4, 0.5) is 0 Å². The summed E-state index contributed by atoms with van der Waals surface area (Å²) in [5.74, 6) is -0.110. The Balaban J connectivity index is 2.15. The molecule has 0 fully saturated rings. The van der Waals surface area contributed by atoms with Crippen molar-refractivity contribution in [3.63, 3.8) is 0 Å². The van der Waals surface area contributed by atoms with E-state index < -0.39 is 0 Å². The maximum atomic E-state index is 12.0. The fourth-order valence-electron chi connectivity index (χ4n) is 2.21. The number of aliphatic hydroxyl groups is 1. The molecule has 0 aliphatic rings. The summed E-state index contributed by atoms with van der Waals surface area (Å²) in [6, 6.07) is 3.65. The van der Waals surface area contributed by atoms with E-state index in [0.717, 1.165) is 10.9 Å². The second-order valence-electron chi connectivity index (χ2n) is 4.74. The van der Waals surface area contributed by atoms with Gasteiger partial charge in [0.2, 0.25) is 5.91 Å². The number of amides is 1. The van der Waals surface area contributed by atoms with Crippen LogP contribution in [0.2, 0.25) is 0 Å². The molecule has 0 aliphatic heterocycles. The summed E-state index contributed by atoms with van der Waals surface area (Å²) in [7, 11) is 1.60. The minimum Gasteiger partial charge on any atom is -0.392 e. The van der Waals surface area contributed by atoms with E-state index in [4.69, 9.17) is 4.74 Å². The normalized spacial score (nSPS) is 12.6. The van der Waals surface area contributed by atoms with Crippen molar-refractivity contribution in [2.45, 2.75) is 26.1 Å². The van der Waals surface area contributed by atoms with Crippen molar-refractivity contribution in [2.24, 2.45) is 0 Å². The summed E-state index contributed by atoms with van der Waals surface area (Å²) in [6.45, 7) is 2.45. The number of hydrogen-bond acceptors (Lipinski definition) is 4. The molecule has 2 rings (SSSR count). The van der Waals surface area contributed by atoms with Gasteiger partial charge in [-0.3, -0.25) is 4.79 Å². The Hall–Kier alpha value is -1.92. The van der Waals surface area contributed by atoms with Crippen LogP contribution in [0.1, 0.15) is 12.5 Å². The third-order valence-electron chi connectivity index (χ3n) is 3.02. The molecule has 20 heavy (non-hydrogen) atoms. The van der Waals surface area contributed by atoms with Crippen molar-refractivity contribution < 1.29 is 14.6 Å². The van der Waals surface area contributed by atoms with Crippen LogP contribution in [0.3, 0.4) is 0 Å². The summed E-state index contributed by atoms with van der Waals surface area (Å²) in [4.78, 5) is 16.2. The Bertz CT molecular complexity index is 594. The number of nitrogens with zero attached hydrogens (tertiary/aromatic N) is 2. The third-order valence-corrected chi connectivity index (χ3v) is 3.02. The highest BCUT2D eigenvalue weighted by atomic mass is 16.5. The largest absolute Gasteiger partial charge is 0.392 e. The van der Waals surface area contributed by atoms with Gasteiger partial charge in [-0.1, -0.05) is 0 Å². The predicted octanol–water partition coefficient (Wildman–Crippen LogP) is 0.680. The van der Waals surface area contributed by atoms with E-state index in [1.165, 1.54) is 0 Å². The van der Waals surface area contributed by atoms with Crippen LogP contribution in [-0.4, -0.2) is 40.3 Å². The number of fused-ring (bicyclic) bond motifs is 1. The number of carbonyl (C=O) groups excluding carboxylic acids is 1. The number of aromatic nitrogens is 2. The molecule has 6 nitrogen and oxygen atoms in total. The maximum Gasteiger partial charge on any atom is 0.240 e. The highest BCUT2D eigenvalue weighted by Crippen LogP contribution is 2.19. The lowest BCUT2D eigenvalue weighted by molar-refractivity contribution is -0.122. The lowest BCUT2D eigenvalue weighted by atomic mass is 10.2. The van der Waals surface area contributed by atoms with E-state index in [0.29, 0.717) is 12.3 Å². The molecule has 0 spiro atoms. The van der Waals surface area contributed by atoms with Crippen LogP contribution in [0, 0.1) is 0 Å². The topological polar surface area (TPSA) is 76.4 Å². The summed E-state index contributed by atoms with van der Waals surface area (Å²) in [5, 5.41) is 13.1. The Labute approximate surface area is 117 Å². The fourth-order valence-corrected chi connectivity index (χ4v) is 2.21. The SMILES string of the molecule is COCC(C)NC(=O)Cn1cc(CO)c2cccnc21. The number of ether oxygens (including phenoxy) is 1. The predicted molar refractivity (Wildman–Crippen MR) is 75.1 cm³/mol. The first-order chi connectivity index (χ1) is 9.65. The van der Waals surface area contributed by atoms with Crippen molar-refractivity contribution in [3.8, 4) is 0 Å². The first-order valence-corrected chi connectivity index (χ1v) is 6.47. The van der Waals surface area contributed by atoms with Crippen LogP contribution in [-0.2, 0) is 22.7 Å². The molecular weight excluding hydrogens is 258 g/mol. The molecule has 0 aliphatic carbocycles. The first-order valence-electron chi connectivity index (χ1n) is 6.47. The van der Waals surface area contributed by atoms with Gasteiger partial charge in [0, 0.05) is 36.5 Å². The van der Waals surface area contributed by atoms with Gasteiger partial charge in [-0.05, 0) is 19.1 Å². The number of hydrogen-bond donors (Lipinski definition) is 2. The van der Waals surface area contributed by atoms with Crippen LogP contribution in [0.15, 0.2) is 24.5 Å². The van der Waals surface area contributed by atoms with Gasteiger partial charge in [0.25, 0.3) is 0 Å². The highest BCUT2D eigenvalue weighted by Gasteiger charge is 2.12. The lowest BCUT2D eigenvalue weighted by Gasteiger charge is -2.13. The minimum atomic E-state index is -0.110. The van der Waals surface area contributed by atoms with E-state index in [2.05, 4.69) is 10.3 Å². The summed E-state index contributed by atoms with van der Waals surface area (Å²) < 4.78 is 6.73. The molecule has 2 aromatic heterocycles. The van der Waals surface area contributed by atoms with Crippen molar-refractivity contribution >= 4 is 16.9 Å². The minimum absolute atomic E-state index is 0.0420. The molecule has 0 saturated carbocycles. The van der Waals surface area contributed by atoms with E-state index in [-0.39, 0.29) is 25.1 Å². The Morgan fingerprint density at radius 1 is 1.60 bits per heavy atom. The second-order valence-corrected chi connectivity index (χ2v) is 4.74. The van der Waals surface area contributed by atoms with Gasteiger partial charge < -0.3 is 19.7 Å². The van der Waals surface area contributed by atoms with Gasteiger partial charge >= 0.3 is 0 Å². The van der Waals surface area contributed by atoms with E-state index in [1.807, 2.05) is 19.1 Å². The summed E-state index contributed by atoms with van der Waals surface area (Å²) in [6.07, 6.45) is 3.43. The van der Waals surface area contributed by atoms with E-state index in [1.54, 1.807) is 24.1 Å². The summed E-state index contributed by atoms with van der Waals surface area (Å²) in [5.41, 5.74) is 1.47. The second kappa shape index (κ2) is 6.49. The molecule has 1 atom stereocenters. The van der Waals surface area contributed by atoms with Crippen LogP contribution >= 0.6 is 0 Å². The molecule has 0 saturated heterocycles. The van der Waals surface area contributed by atoms with Gasteiger partial charge in [-0.25, -0.2) is 4.98 Å². The average Bonchev–Trinajstić information content (AvgIpc) is 2.77. The van der Waals surface area contributed by atoms with Crippen LogP contribution in [0.25, 0.3) is 11.0 Å². The molecule has 2 N–H and O–H groups in total. The molecule has 0 bridgehead atoms. The smallest absolute Gasteiger partial charge is 0.240 e. The number of pyridine rings is 1. The van der Waals surface area contributed by atoms with Crippen molar-refractivity contribution in [1.29, 1.82) is 0 Å². The van der Waals surface area contributed by atoms with Gasteiger partial charge in [-0.15, -0.1) is 0 Å². The molecular formula is C14H19N3O3. The lowest BCUT2D eigenvalue weighted by Crippen LogP contribution is -2.37. The Kier molecular flexibility index (Phi) is 4.70. The number of carbonyl (C=O) groups is 1. The Morgan fingerprint density at radius 2 is 2.40 bits per heavy atom. The fraction of sp³-hybridized carbons (Fsp3) is 0.429. The molecule has 6 heteroatoms.